The fourth-order valence-corrected chi connectivity index (χ4v) is 3.69. The number of esters is 1. The van der Waals surface area contributed by atoms with Gasteiger partial charge in [-0.3, -0.25) is 4.90 Å². The van der Waals surface area contributed by atoms with Crippen LogP contribution in [-0.2, 0) is 32.1 Å². The number of carbonyl (C=O) groups excluding carboxylic acids is 2. The summed E-state index contributed by atoms with van der Waals surface area (Å²) < 4.78 is 10.7. The Morgan fingerprint density at radius 1 is 0.882 bits per heavy atom. The largest absolute Gasteiger partial charge is 0.480 e. The van der Waals surface area contributed by atoms with Crippen molar-refractivity contribution in [1.82, 2.24) is 4.90 Å². The Morgan fingerprint density at radius 3 is 2.06 bits per heavy atom. The number of benzene rings is 2. The summed E-state index contributed by atoms with van der Waals surface area (Å²) in [6, 6.07) is 16.2. The van der Waals surface area contributed by atoms with Gasteiger partial charge < -0.3 is 20.3 Å². The minimum atomic E-state index is -1.25. The highest BCUT2D eigenvalue weighted by atomic mass is 16.6. The van der Waals surface area contributed by atoms with Gasteiger partial charge in [-0.1, -0.05) is 60.7 Å². The molecule has 8 heteroatoms. The highest BCUT2D eigenvalue weighted by molar-refractivity contribution is 5.86. The lowest BCUT2D eigenvalue weighted by molar-refractivity contribution is -0.154. The second-order valence-electron chi connectivity index (χ2n) is 7.88. The van der Waals surface area contributed by atoms with Gasteiger partial charge >= 0.3 is 18.0 Å². The van der Waals surface area contributed by atoms with E-state index in [9.17, 15) is 19.5 Å². The Bertz CT molecular complexity index is 891. The quantitative estimate of drug-likeness (QED) is 0.319. The van der Waals surface area contributed by atoms with E-state index in [1.807, 2.05) is 48.5 Å². The monoisotopic (exact) mass is 470 g/mol. The first-order valence-corrected chi connectivity index (χ1v) is 11.6. The molecular formula is C26H34N2O6. The molecule has 0 saturated heterocycles. The van der Waals surface area contributed by atoms with E-state index in [1.165, 1.54) is 0 Å². The van der Waals surface area contributed by atoms with Gasteiger partial charge in [-0.25, -0.2) is 14.4 Å². The van der Waals surface area contributed by atoms with Crippen LogP contribution in [0.4, 0.5) is 4.79 Å². The third-order valence-electron chi connectivity index (χ3n) is 5.41. The Hall–Kier alpha value is -3.39. The van der Waals surface area contributed by atoms with Crippen LogP contribution in [0.5, 0.6) is 0 Å². The molecule has 0 bridgehead atoms. The third kappa shape index (κ3) is 8.51. The summed E-state index contributed by atoms with van der Waals surface area (Å²) >= 11 is 0. The van der Waals surface area contributed by atoms with Gasteiger partial charge in [0.25, 0.3) is 0 Å². The molecule has 3 N–H and O–H groups in total. The van der Waals surface area contributed by atoms with Crippen molar-refractivity contribution in [3.8, 4) is 0 Å². The lowest BCUT2D eigenvalue weighted by atomic mass is 10.0. The fourth-order valence-electron chi connectivity index (χ4n) is 3.69. The number of carboxylic acid groups (broad SMARTS) is 1. The molecule has 1 amide bonds. The van der Waals surface area contributed by atoms with Crippen LogP contribution in [0.25, 0.3) is 0 Å². The van der Waals surface area contributed by atoms with Crippen LogP contribution in [0, 0.1) is 0 Å². The van der Waals surface area contributed by atoms with Gasteiger partial charge in [0.05, 0.1) is 6.61 Å². The molecule has 0 aromatic heterocycles. The molecule has 0 saturated carbocycles. The summed E-state index contributed by atoms with van der Waals surface area (Å²) in [5.41, 5.74) is 7.29. The van der Waals surface area contributed by atoms with Crippen molar-refractivity contribution < 1.29 is 29.0 Å². The van der Waals surface area contributed by atoms with Crippen molar-refractivity contribution in [2.75, 3.05) is 13.2 Å². The Morgan fingerprint density at radius 2 is 1.50 bits per heavy atom. The standard InChI is InChI=1S/C26H34N2O6/c1-2-33-25(31)23(17-16-20-11-5-3-6-12-20)28(22(24(29)30)15-9-10-18-27)26(32)34-19-21-13-7-4-8-14-21/h3-8,11-14,22-23H,2,9-10,15-19,27H2,1H3,(H,29,30)/t22-,23-/m0/s1. The second kappa shape index (κ2) is 14.7. The van der Waals surface area contributed by atoms with Crippen LogP contribution in [0.1, 0.15) is 43.7 Å². The van der Waals surface area contributed by atoms with Gasteiger partial charge in [-0.2, -0.15) is 0 Å². The predicted molar refractivity (Wildman–Crippen MR) is 128 cm³/mol. The van der Waals surface area contributed by atoms with E-state index in [-0.39, 0.29) is 26.1 Å². The highest BCUT2D eigenvalue weighted by Gasteiger charge is 2.40. The zero-order valence-electron chi connectivity index (χ0n) is 19.6. The van der Waals surface area contributed by atoms with E-state index < -0.39 is 30.1 Å². The number of unbranched alkanes of at least 4 members (excludes halogenated alkanes) is 1. The first kappa shape index (κ1) is 26.9. The Balaban J connectivity index is 2.33. The van der Waals surface area contributed by atoms with E-state index in [1.54, 1.807) is 19.1 Å². The van der Waals surface area contributed by atoms with Gasteiger partial charge in [-0.15, -0.1) is 0 Å². The fraction of sp³-hybridized carbons (Fsp3) is 0.423. The number of hydrogen-bond acceptors (Lipinski definition) is 6. The molecule has 2 aromatic rings. The third-order valence-corrected chi connectivity index (χ3v) is 5.41. The minimum absolute atomic E-state index is 0.0421. The molecule has 0 unspecified atom stereocenters. The Labute approximate surface area is 200 Å². The first-order valence-electron chi connectivity index (χ1n) is 11.6. The van der Waals surface area contributed by atoms with Crippen LogP contribution < -0.4 is 5.73 Å². The number of carboxylic acids is 1. The van der Waals surface area contributed by atoms with Gasteiger partial charge in [0.1, 0.15) is 18.7 Å². The topological polar surface area (TPSA) is 119 Å². The number of nitrogens with two attached hydrogens (primary N) is 1. The summed E-state index contributed by atoms with van der Waals surface area (Å²) in [5, 5.41) is 9.99. The molecule has 34 heavy (non-hydrogen) atoms. The highest BCUT2D eigenvalue weighted by Crippen LogP contribution is 2.21. The summed E-state index contributed by atoms with van der Waals surface area (Å²) in [4.78, 5) is 39.5. The summed E-state index contributed by atoms with van der Waals surface area (Å²) in [6.45, 7) is 2.14. The average Bonchev–Trinajstić information content (AvgIpc) is 2.85. The molecule has 2 rings (SSSR count). The van der Waals surface area contributed by atoms with Crippen LogP contribution in [0.3, 0.4) is 0 Å². The van der Waals surface area contributed by atoms with Gasteiger partial charge in [0.15, 0.2) is 0 Å². The molecule has 0 radical (unpaired) electrons. The number of carbonyl (C=O) groups is 3. The number of ether oxygens (including phenoxy) is 2. The van der Waals surface area contributed by atoms with Crippen molar-refractivity contribution >= 4 is 18.0 Å². The van der Waals surface area contributed by atoms with E-state index in [0.29, 0.717) is 25.8 Å². The average molecular weight is 471 g/mol. The number of rotatable bonds is 14. The molecule has 0 aliphatic carbocycles. The smallest absolute Gasteiger partial charge is 0.411 e. The number of aryl methyl sites for hydroxylation is 1. The maximum atomic E-state index is 13.3. The second-order valence-corrected chi connectivity index (χ2v) is 7.88. The molecule has 0 heterocycles. The Kier molecular flexibility index (Phi) is 11.6. The van der Waals surface area contributed by atoms with Crippen molar-refractivity contribution in [2.45, 2.75) is 57.7 Å². The molecule has 8 nitrogen and oxygen atoms in total. The predicted octanol–water partition coefficient (Wildman–Crippen LogP) is 3.77. The molecule has 0 fully saturated rings. The molecule has 2 atom stereocenters. The van der Waals surface area contributed by atoms with Gasteiger partial charge in [-0.05, 0) is 56.7 Å². The lowest BCUT2D eigenvalue weighted by Gasteiger charge is -2.34. The molecule has 0 aliphatic rings. The van der Waals surface area contributed by atoms with Gasteiger partial charge in [0, 0.05) is 0 Å². The van der Waals surface area contributed by atoms with Crippen molar-refractivity contribution in [1.29, 1.82) is 0 Å². The van der Waals surface area contributed by atoms with E-state index in [0.717, 1.165) is 16.0 Å². The maximum absolute atomic E-state index is 13.3. The number of amides is 1. The molecule has 0 spiro atoms. The maximum Gasteiger partial charge on any atom is 0.411 e. The number of hydrogen-bond donors (Lipinski definition) is 2. The molecule has 2 aromatic carbocycles. The van der Waals surface area contributed by atoms with Crippen molar-refractivity contribution in [3.05, 3.63) is 71.8 Å². The number of aliphatic carboxylic acids is 1. The van der Waals surface area contributed by atoms with Crippen molar-refractivity contribution in [2.24, 2.45) is 5.73 Å². The lowest BCUT2D eigenvalue weighted by Crippen LogP contribution is -2.54. The van der Waals surface area contributed by atoms with Crippen LogP contribution in [0.2, 0.25) is 0 Å². The number of nitrogens with zero attached hydrogens (tertiary/aromatic N) is 1. The zero-order valence-corrected chi connectivity index (χ0v) is 19.6. The minimum Gasteiger partial charge on any atom is -0.480 e. The van der Waals surface area contributed by atoms with Crippen molar-refractivity contribution in [3.63, 3.8) is 0 Å². The van der Waals surface area contributed by atoms with Crippen LogP contribution >= 0.6 is 0 Å². The summed E-state index contributed by atoms with van der Waals surface area (Å²) in [5.74, 6) is -1.86. The van der Waals surface area contributed by atoms with E-state index in [4.69, 9.17) is 15.2 Å². The van der Waals surface area contributed by atoms with E-state index >= 15 is 0 Å². The molecule has 184 valence electrons. The normalized spacial score (nSPS) is 12.4. The molecular weight excluding hydrogens is 436 g/mol. The zero-order chi connectivity index (χ0) is 24.8. The van der Waals surface area contributed by atoms with Gasteiger partial charge in [0.2, 0.25) is 0 Å². The SMILES string of the molecule is CCOC(=O)[C@H](CCc1ccccc1)N(C(=O)OCc1ccccc1)[C@@H](CCCCN)C(=O)O. The summed E-state index contributed by atoms with van der Waals surface area (Å²) in [6.07, 6.45) is 1.03. The van der Waals surface area contributed by atoms with E-state index in [2.05, 4.69) is 0 Å². The summed E-state index contributed by atoms with van der Waals surface area (Å²) in [7, 11) is 0. The van der Waals surface area contributed by atoms with Crippen LogP contribution in [-0.4, -0.2) is 53.3 Å². The van der Waals surface area contributed by atoms with Crippen LogP contribution in [0.15, 0.2) is 60.7 Å². The molecule has 0 aliphatic heterocycles. The first-order chi connectivity index (χ1) is 16.5.